The van der Waals surface area contributed by atoms with E-state index in [0.29, 0.717) is 17.1 Å². The molecule has 0 saturated carbocycles. The van der Waals surface area contributed by atoms with E-state index in [1.54, 1.807) is 14.2 Å². The maximum atomic E-state index is 13.0. The Kier molecular flexibility index (Phi) is 7.08. The van der Waals surface area contributed by atoms with Crippen molar-refractivity contribution < 1.29 is 14.3 Å². The molecule has 6 heteroatoms. The molecule has 1 aliphatic carbocycles. The first-order valence-electron chi connectivity index (χ1n) is 12.5. The van der Waals surface area contributed by atoms with Crippen LogP contribution in [0.25, 0.3) is 17.0 Å². The van der Waals surface area contributed by atoms with Crippen LogP contribution in [0.1, 0.15) is 36.6 Å². The third-order valence-corrected chi connectivity index (χ3v) is 6.71. The number of benzene rings is 3. The van der Waals surface area contributed by atoms with Gasteiger partial charge in [0, 0.05) is 34.1 Å². The van der Waals surface area contributed by atoms with Crippen molar-refractivity contribution in [1.29, 1.82) is 0 Å². The van der Waals surface area contributed by atoms with E-state index in [4.69, 9.17) is 14.5 Å². The Labute approximate surface area is 217 Å². The minimum absolute atomic E-state index is 0.136. The number of aromatic nitrogens is 1. The number of nitrogens with zero attached hydrogens (tertiary/aromatic N) is 1. The Morgan fingerprint density at radius 3 is 2.43 bits per heavy atom. The molecular formula is C31H31N3O3. The molecule has 37 heavy (non-hydrogen) atoms. The quantitative estimate of drug-likeness (QED) is 0.274. The topological polar surface area (TPSA) is 72.5 Å². The number of fused-ring (bicyclic) bond motifs is 2. The zero-order chi connectivity index (χ0) is 25.8. The van der Waals surface area contributed by atoms with Crippen LogP contribution in [-0.2, 0) is 17.6 Å². The van der Waals surface area contributed by atoms with Gasteiger partial charge in [0.05, 0.1) is 25.4 Å². The average molecular weight is 494 g/mol. The lowest BCUT2D eigenvalue weighted by Crippen LogP contribution is -2.13. The summed E-state index contributed by atoms with van der Waals surface area (Å²) in [4.78, 5) is 17.9. The molecule has 0 saturated heterocycles. The smallest absolute Gasteiger partial charge is 0.251 e. The SMILES string of the molecule is COc1ccc(Nc2c3c(nc4ccc(NC(=O)/C(C)=C\c5ccccc5)cc24)CCCC3)cc1OC. The molecule has 5 rings (SSSR count). The van der Waals surface area contributed by atoms with Gasteiger partial charge in [-0.1, -0.05) is 30.3 Å². The highest BCUT2D eigenvalue weighted by Gasteiger charge is 2.19. The molecule has 6 nitrogen and oxygen atoms in total. The zero-order valence-electron chi connectivity index (χ0n) is 21.4. The number of nitrogens with one attached hydrogen (secondary N) is 2. The fraction of sp³-hybridized carbons (Fsp3) is 0.226. The number of carbonyl (C=O) groups is 1. The molecule has 2 N–H and O–H groups in total. The summed E-state index contributed by atoms with van der Waals surface area (Å²) in [5, 5.41) is 7.67. The molecule has 0 bridgehead atoms. The van der Waals surface area contributed by atoms with E-state index in [1.807, 2.05) is 79.7 Å². The Hall–Kier alpha value is -4.32. The predicted molar refractivity (Wildman–Crippen MR) is 150 cm³/mol. The maximum absolute atomic E-state index is 13.0. The summed E-state index contributed by atoms with van der Waals surface area (Å²) in [6.07, 6.45) is 6.08. The van der Waals surface area contributed by atoms with Gasteiger partial charge in [0.15, 0.2) is 11.5 Å². The summed E-state index contributed by atoms with van der Waals surface area (Å²) < 4.78 is 10.9. The highest BCUT2D eigenvalue weighted by Crippen LogP contribution is 2.38. The van der Waals surface area contributed by atoms with Crippen LogP contribution < -0.4 is 20.1 Å². The van der Waals surface area contributed by atoms with Crippen molar-refractivity contribution >= 4 is 39.9 Å². The van der Waals surface area contributed by atoms with Gasteiger partial charge in [0.1, 0.15) is 0 Å². The van der Waals surface area contributed by atoms with Crippen molar-refractivity contribution in [2.24, 2.45) is 0 Å². The zero-order valence-corrected chi connectivity index (χ0v) is 21.4. The minimum atomic E-state index is -0.136. The summed E-state index contributed by atoms with van der Waals surface area (Å²) >= 11 is 0. The number of rotatable bonds is 7. The molecule has 1 amide bonds. The van der Waals surface area contributed by atoms with E-state index in [-0.39, 0.29) is 5.91 Å². The third kappa shape index (κ3) is 5.28. The van der Waals surface area contributed by atoms with Gasteiger partial charge in [-0.25, -0.2) is 0 Å². The van der Waals surface area contributed by atoms with Gasteiger partial charge in [-0.3, -0.25) is 9.78 Å². The van der Waals surface area contributed by atoms with E-state index < -0.39 is 0 Å². The van der Waals surface area contributed by atoms with Crippen LogP contribution in [0.3, 0.4) is 0 Å². The fourth-order valence-corrected chi connectivity index (χ4v) is 4.80. The Morgan fingerprint density at radius 2 is 1.65 bits per heavy atom. The second-order valence-corrected chi connectivity index (χ2v) is 9.24. The van der Waals surface area contributed by atoms with Crippen LogP contribution in [-0.4, -0.2) is 25.1 Å². The van der Waals surface area contributed by atoms with Crippen LogP contribution in [0, 0.1) is 0 Å². The lowest BCUT2D eigenvalue weighted by Gasteiger charge is -2.22. The Bertz CT molecular complexity index is 1480. The van der Waals surface area contributed by atoms with Crippen molar-refractivity contribution in [2.45, 2.75) is 32.6 Å². The number of pyridine rings is 1. The largest absolute Gasteiger partial charge is 0.493 e. The summed E-state index contributed by atoms with van der Waals surface area (Å²) in [5.41, 5.74) is 7.56. The van der Waals surface area contributed by atoms with Gasteiger partial charge in [-0.15, -0.1) is 0 Å². The monoisotopic (exact) mass is 493 g/mol. The molecule has 0 radical (unpaired) electrons. The molecule has 0 unspecified atom stereocenters. The second-order valence-electron chi connectivity index (χ2n) is 9.24. The van der Waals surface area contributed by atoms with Crippen LogP contribution in [0.2, 0.25) is 0 Å². The summed E-state index contributed by atoms with van der Waals surface area (Å²) in [6.45, 7) is 1.82. The number of aryl methyl sites for hydroxylation is 1. The van der Waals surface area contributed by atoms with Gasteiger partial charge in [-0.05, 0) is 80.1 Å². The van der Waals surface area contributed by atoms with Gasteiger partial charge >= 0.3 is 0 Å². The van der Waals surface area contributed by atoms with E-state index in [0.717, 1.165) is 64.9 Å². The molecule has 4 aromatic rings. The molecule has 1 aromatic heterocycles. The van der Waals surface area contributed by atoms with Gasteiger partial charge in [0.25, 0.3) is 5.91 Å². The number of amides is 1. The fourth-order valence-electron chi connectivity index (χ4n) is 4.80. The van der Waals surface area contributed by atoms with Crippen LogP contribution >= 0.6 is 0 Å². The highest BCUT2D eigenvalue weighted by atomic mass is 16.5. The predicted octanol–water partition coefficient (Wildman–Crippen LogP) is 6.92. The van der Waals surface area contributed by atoms with Crippen molar-refractivity contribution in [3.63, 3.8) is 0 Å². The summed E-state index contributed by atoms with van der Waals surface area (Å²) in [6, 6.07) is 21.5. The number of anilines is 3. The lowest BCUT2D eigenvalue weighted by atomic mass is 9.92. The molecule has 0 aliphatic heterocycles. The van der Waals surface area contributed by atoms with Crippen LogP contribution in [0.15, 0.2) is 72.3 Å². The van der Waals surface area contributed by atoms with E-state index >= 15 is 0 Å². The summed E-state index contributed by atoms with van der Waals surface area (Å²) in [7, 11) is 3.26. The van der Waals surface area contributed by atoms with Crippen molar-refractivity contribution in [3.8, 4) is 11.5 Å². The lowest BCUT2D eigenvalue weighted by molar-refractivity contribution is -0.112. The average Bonchev–Trinajstić information content (AvgIpc) is 2.93. The molecule has 3 aromatic carbocycles. The first-order chi connectivity index (χ1) is 18.1. The molecule has 0 fully saturated rings. The van der Waals surface area contributed by atoms with Gasteiger partial charge in [-0.2, -0.15) is 0 Å². The second kappa shape index (κ2) is 10.7. The van der Waals surface area contributed by atoms with Crippen molar-refractivity contribution in [2.75, 3.05) is 24.9 Å². The molecule has 1 aliphatic rings. The number of methoxy groups -OCH3 is 2. The number of hydrogen-bond donors (Lipinski definition) is 2. The normalized spacial score (nSPS) is 13.1. The Morgan fingerprint density at radius 1 is 0.892 bits per heavy atom. The molecule has 188 valence electrons. The van der Waals surface area contributed by atoms with Crippen molar-refractivity contribution in [1.82, 2.24) is 4.98 Å². The molecule has 0 spiro atoms. The highest BCUT2D eigenvalue weighted by molar-refractivity contribution is 6.07. The molecular weight excluding hydrogens is 462 g/mol. The van der Waals surface area contributed by atoms with E-state index in [2.05, 4.69) is 10.6 Å². The first-order valence-corrected chi connectivity index (χ1v) is 12.5. The minimum Gasteiger partial charge on any atom is -0.493 e. The maximum Gasteiger partial charge on any atom is 0.251 e. The van der Waals surface area contributed by atoms with Crippen molar-refractivity contribution in [3.05, 3.63) is 89.1 Å². The number of ether oxygens (including phenoxy) is 2. The molecule has 1 heterocycles. The first kappa shape index (κ1) is 24.4. The standard InChI is InChI=1S/C31H31N3O3/c1-20(17-21-9-5-4-6-10-21)31(35)33-22-13-15-27-25(18-22)30(24-11-7-8-12-26(24)34-27)32-23-14-16-28(36-2)29(19-23)37-3/h4-6,9-10,13-19H,7-8,11-12H2,1-3H3,(H,32,34)(H,33,35)/b20-17-. The van der Waals surface area contributed by atoms with E-state index in [1.165, 1.54) is 5.56 Å². The summed E-state index contributed by atoms with van der Waals surface area (Å²) in [5.74, 6) is 1.20. The Balaban J connectivity index is 1.51. The molecule has 0 atom stereocenters. The van der Waals surface area contributed by atoms with Crippen LogP contribution in [0.4, 0.5) is 17.1 Å². The number of hydrogen-bond acceptors (Lipinski definition) is 5. The van der Waals surface area contributed by atoms with Crippen LogP contribution in [0.5, 0.6) is 11.5 Å². The number of carbonyl (C=O) groups excluding carboxylic acids is 1. The third-order valence-electron chi connectivity index (χ3n) is 6.71. The van der Waals surface area contributed by atoms with E-state index in [9.17, 15) is 4.79 Å². The van der Waals surface area contributed by atoms with Gasteiger partial charge < -0.3 is 20.1 Å². The van der Waals surface area contributed by atoms with Gasteiger partial charge in [0.2, 0.25) is 0 Å².